The van der Waals surface area contributed by atoms with E-state index in [2.05, 4.69) is 6.92 Å². The second-order valence-corrected chi connectivity index (χ2v) is 9.16. The maximum atomic E-state index is 12.2. The van der Waals surface area contributed by atoms with Crippen molar-refractivity contribution in [1.29, 1.82) is 0 Å². The van der Waals surface area contributed by atoms with Crippen LogP contribution in [0, 0.1) is 28.6 Å². The maximum Gasteiger partial charge on any atom is 0.178 e. The molecule has 0 heterocycles. The second-order valence-electron chi connectivity index (χ2n) is 9.16. The Labute approximate surface area is 149 Å². The van der Waals surface area contributed by atoms with Crippen LogP contribution in [-0.4, -0.2) is 33.5 Å². The van der Waals surface area contributed by atoms with Gasteiger partial charge in [0, 0.05) is 10.8 Å². The fourth-order valence-electron chi connectivity index (χ4n) is 6.77. The van der Waals surface area contributed by atoms with Gasteiger partial charge in [0.2, 0.25) is 0 Å². The molecule has 0 amide bonds. The van der Waals surface area contributed by atoms with Crippen LogP contribution >= 0.6 is 0 Å². The van der Waals surface area contributed by atoms with Crippen LogP contribution in [0.1, 0.15) is 52.9 Å². The van der Waals surface area contributed by atoms with Gasteiger partial charge in [-0.25, -0.2) is 0 Å². The Kier molecular flexibility index (Phi) is 3.53. The Bertz CT molecular complexity index is 707. The molecule has 136 valence electrons. The van der Waals surface area contributed by atoms with Gasteiger partial charge in [-0.1, -0.05) is 25.5 Å². The predicted octanol–water partition coefficient (Wildman–Crippen LogP) is 2.59. The van der Waals surface area contributed by atoms with E-state index in [1.807, 2.05) is 13.0 Å². The summed E-state index contributed by atoms with van der Waals surface area (Å²) < 4.78 is 0. The Morgan fingerprint density at radius 3 is 2.56 bits per heavy atom. The van der Waals surface area contributed by atoms with Crippen LogP contribution in [0.3, 0.4) is 0 Å². The molecule has 4 heteroatoms. The summed E-state index contributed by atoms with van der Waals surface area (Å²) in [5.41, 5.74) is -0.891. The molecule has 1 unspecified atom stereocenters. The largest absolute Gasteiger partial charge is 0.392 e. The van der Waals surface area contributed by atoms with Gasteiger partial charge in [-0.05, 0) is 68.9 Å². The number of aliphatic hydroxyl groups excluding tert-OH is 1. The first-order chi connectivity index (χ1) is 11.6. The molecular formula is C21H28O4. The molecule has 0 spiro atoms. The van der Waals surface area contributed by atoms with E-state index in [4.69, 9.17) is 0 Å². The van der Waals surface area contributed by atoms with Crippen LogP contribution in [0.4, 0.5) is 0 Å². The molecule has 4 rings (SSSR count). The van der Waals surface area contributed by atoms with E-state index in [0.717, 1.165) is 24.8 Å². The number of carbonyl (C=O) groups excluding carboxylic acids is 2. The zero-order valence-corrected chi connectivity index (χ0v) is 15.3. The van der Waals surface area contributed by atoms with E-state index in [0.29, 0.717) is 12.8 Å². The van der Waals surface area contributed by atoms with Crippen molar-refractivity contribution in [2.75, 3.05) is 0 Å². The summed E-state index contributed by atoms with van der Waals surface area (Å²) in [6.07, 6.45) is 8.31. The van der Waals surface area contributed by atoms with Crippen LogP contribution in [0.25, 0.3) is 0 Å². The fourth-order valence-corrected chi connectivity index (χ4v) is 6.77. The Hall–Kier alpha value is -1.26. The highest BCUT2D eigenvalue weighted by atomic mass is 16.3. The van der Waals surface area contributed by atoms with Gasteiger partial charge in [-0.15, -0.1) is 0 Å². The number of ketones is 2. The average molecular weight is 344 g/mol. The third-order valence-electron chi connectivity index (χ3n) is 8.31. The van der Waals surface area contributed by atoms with E-state index >= 15 is 0 Å². The van der Waals surface area contributed by atoms with Crippen LogP contribution in [0.5, 0.6) is 0 Å². The van der Waals surface area contributed by atoms with Gasteiger partial charge < -0.3 is 10.2 Å². The van der Waals surface area contributed by atoms with Crippen molar-refractivity contribution >= 4 is 11.6 Å². The molecule has 0 aromatic heterocycles. The van der Waals surface area contributed by atoms with Gasteiger partial charge >= 0.3 is 0 Å². The summed E-state index contributed by atoms with van der Waals surface area (Å²) in [4.78, 5) is 24.0. The number of fused-ring (bicyclic) bond motifs is 5. The standard InChI is InChI=1S/C21H28O4/c1-12(22)21(25)9-6-16-18-15(5-8-20(16,21)3)19(2)7-4-14(23)10-13(19)11-17(18)24/h4,7,10,15-18,24-25H,5-6,8-9,11H2,1-3H3/t15-,16-,17?,18+,19-,20-,21-/m0/s1. The zero-order valence-electron chi connectivity index (χ0n) is 15.3. The molecule has 3 saturated carbocycles. The highest BCUT2D eigenvalue weighted by Gasteiger charge is 2.66. The normalized spacial score (nSPS) is 51.4. The fraction of sp³-hybridized carbons (Fsp3) is 0.714. The average Bonchev–Trinajstić information content (AvgIpc) is 2.82. The Balaban J connectivity index is 1.76. The summed E-state index contributed by atoms with van der Waals surface area (Å²) in [6, 6.07) is 0. The van der Waals surface area contributed by atoms with E-state index in [9.17, 15) is 19.8 Å². The zero-order chi connectivity index (χ0) is 18.2. The monoisotopic (exact) mass is 344 g/mol. The molecule has 0 radical (unpaired) electrons. The van der Waals surface area contributed by atoms with E-state index in [1.165, 1.54) is 6.92 Å². The van der Waals surface area contributed by atoms with Gasteiger partial charge in [-0.3, -0.25) is 9.59 Å². The number of hydrogen-bond donors (Lipinski definition) is 2. The predicted molar refractivity (Wildman–Crippen MR) is 93.6 cm³/mol. The van der Waals surface area contributed by atoms with Crippen LogP contribution in [-0.2, 0) is 9.59 Å². The number of rotatable bonds is 1. The minimum atomic E-state index is -1.27. The first-order valence-electron chi connectivity index (χ1n) is 9.49. The molecule has 0 bridgehead atoms. The number of Topliss-reactive ketones (excluding diaryl/α,β-unsaturated/α-hetero) is 1. The Morgan fingerprint density at radius 1 is 1.20 bits per heavy atom. The second kappa shape index (κ2) is 5.14. The molecule has 0 aromatic carbocycles. The molecular weight excluding hydrogens is 316 g/mol. The van der Waals surface area contributed by atoms with E-state index in [-0.39, 0.29) is 34.7 Å². The molecule has 25 heavy (non-hydrogen) atoms. The third kappa shape index (κ3) is 2.01. The quantitative estimate of drug-likeness (QED) is 0.767. The number of hydrogen-bond acceptors (Lipinski definition) is 4. The van der Waals surface area contributed by atoms with Gasteiger partial charge in [-0.2, -0.15) is 0 Å². The first-order valence-corrected chi connectivity index (χ1v) is 9.49. The molecule has 3 fully saturated rings. The molecule has 4 aliphatic rings. The van der Waals surface area contributed by atoms with Crippen molar-refractivity contribution in [3.05, 3.63) is 23.8 Å². The van der Waals surface area contributed by atoms with Crippen molar-refractivity contribution in [3.63, 3.8) is 0 Å². The van der Waals surface area contributed by atoms with Gasteiger partial charge in [0.15, 0.2) is 11.6 Å². The van der Waals surface area contributed by atoms with Crippen molar-refractivity contribution < 1.29 is 19.8 Å². The van der Waals surface area contributed by atoms with Crippen LogP contribution in [0.15, 0.2) is 23.8 Å². The molecule has 0 aromatic rings. The number of carbonyl (C=O) groups is 2. The van der Waals surface area contributed by atoms with Crippen LogP contribution in [0.2, 0.25) is 0 Å². The minimum Gasteiger partial charge on any atom is -0.392 e. The highest BCUT2D eigenvalue weighted by Crippen LogP contribution is 2.67. The minimum absolute atomic E-state index is 0.00518. The lowest BCUT2D eigenvalue weighted by molar-refractivity contribution is -0.165. The van der Waals surface area contributed by atoms with Crippen molar-refractivity contribution in [2.45, 2.75) is 64.6 Å². The van der Waals surface area contributed by atoms with Crippen molar-refractivity contribution in [2.24, 2.45) is 28.6 Å². The summed E-state index contributed by atoms with van der Waals surface area (Å²) in [6.45, 7) is 5.72. The van der Waals surface area contributed by atoms with Gasteiger partial charge in [0.05, 0.1) is 6.10 Å². The van der Waals surface area contributed by atoms with Crippen LogP contribution < -0.4 is 0 Å². The highest BCUT2D eigenvalue weighted by molar-refractivity contribution is 6.01. The maximum absolute atomic E-state index is 12.2. The summed E-state index contributed by atoms with van der Waals surface area (Å²) in [5, 5.41) is 22.1. The smallest absolute Gasteiger partial charge is 0.178 e. The third-order valence-corrected chi connectivity index (χ3v) is 8.31. The molecule has 4 aliphatic carbocycles. The molecule has 7 atom stereocenters. The summed E-state index contributed by atoms with van der Waals surface area (Å²) in [7, 11) is 0. The lowest BCUT2D eigenvalue weighted by Crippen LogP contribution is -2.59. The molecule has 4 nitrogen and oxygen atoms in total. The van der Waals surface area contributed by atoms with Crippen molar-refractivity contribution in [3.8, 4) is 0 Å². The number of aliphatic hydroxyl groups is 2. The molecule has 0 aliphatic heterocycles. The Morgan fingerprint density at radius 2 is 1.88 bits per heavy atom. The first kappa shape index (κ1) is 17.2. The lowest BCUT2D eigenvalue weighted by Gasteiger charge is -2.59. The topological polar surface area (TPSA) is 74.6 Å². The molecule has 0 saturated heterocycles. The summed E-state index contributed by atoms with van der Waals surface area (Å²) in [5.74, 6) is 0.313. The molecule has 2 N–H and O–H groups in total. The van der Waals surface area contributed by atoms with E-state index < -0.39 is 17.1 Å². The lowest BCUT2D eigenvalue weighted by atomic mass is 9.46. The van der Waals surface area contributed by atoms with E-state index in [1.54, 1.807) is 12.2 Å². The number of allylic oxidation sites excluding steroid dienone is 3. The van der Waals surface area contributed by atoms with Crippen molar-refractivity contribution in [1.82, 2.24) is 0 Å². The van der Waals surface area contributed by atoms with Gasteiger partial charge in [0.25, 0.3) is 0 Å². The summed E-state index contributed by atoms with van der Waals surface area (Å²) >= 11 is 0. The van der Waals surface area contributed by atoms with Gasteiger partial charge in [0.1, 0.15) is 5.60 Å². The SMILES string of the molecule is CC(=O)[C@@]1(O)CC[C@H]2[C@@H]3C(O)CC4=CC(=O)C=C[C@]4(C)[C@H]3CC[C@@]21C.